The number of ether oxygens (including phenoxy) is 1. The topological polar surface area (TPSA) is 38.5 Å². The van der Waals surface area contributed by atoms with Crippen molar-refractivity contribution in [2.45, 2.75) is 13.5 Å². The average Bonchev–Trinajstić information content (AvgIpc) is 2.42. The van der Waals surface area contributed by atoms with E-state index in [4.69, 9.17) is 10.5 Å². The van der Waals surface area contributed by atoms with Crippen LogP contribution in [0.5, 0.6) is 5.75 Å². The summed E-state index contributed by atoms with van der Waals surface area (Å²) < 4.78 is 5.16. The summed E-state index contributed by atoms with van der Waals surface area (Å²) in [6, 6.07) is 14.3. The van der Waals surface area contributed by atoms with Gasteiger partial charge in [-0.05, 0) is 42.3 Å². The van der Waals surface area contributed by atoms with Crippen molar-refractivity contribution < 1.29 is 4.74 Å². The molecule has 0 fully saturated rings. The van der Waals surface area contributed by atoms with E-state index < -0.39 is 0 Å². The molecule has 3 nitrogen and oxygen atoms in total. The van der Waals surface area contributed by atoms with Crippen molar-refractivity contribution >= 4 is 11.4 Å². The van der Waals surface area contributed by atoms with Gasteiger partial charge in [-0.3, -0.25) is 0 Å². The van der Waals surface area contributed by atoms with Crippen LogP contribution < -0.4 is 15.4 Å². The molecule has 0 amide bonds. The summed E-state index contributed by atoms with van der Waals surface area (Å²) in [5.41, 5.74) is 10.3. The van der Waals surface area contributed by atoms with Crippen LogP contribution in [-0.4, -0.2) is 14.2 Å². The average molecular weight is 256 g/mol. The largest absolute Gasteiger partial charge is 0.497 e. The first-order valence-corrected chi connectivity index (χ1v) is 6.30. The number of methoxy groups -OCH3 is 1. The molecule has 0 aliphatic carbocycles. The summed E-state index contributed by atoms with van der Waals surface area (Å²) in [6.07, 6.45) is 0. The Morgan fingerprint density at radius 1 is 1.11 bits per heavy atom. The highest BCUT2D eigenvalue weighted by Crippen LogP contribution is 2.22. The number of aryl methyl sites for hydroxylation is 1. The van der Waals surface area contributed by atoms with E-state index in [2.05, 4.69) is 36.2 Å². The first-order chi connectivity index (χ1) is 9.10. The zero-order valence-corrected chi connectivity index (χ0v) is 11.7. The van der Waals surface area contributed by atoms with E-state index in [0.717, 1.165) is 29.2 Å². The number of nitrogens with zero attached hydrogens (tertiary/aromatic N) is 1. The smallest absolute Gasteiger partial charge is 0.118 e. The van der Waals surface area contributed by atoms with E-state index >= 15 is 0 Å². The third kappa shape index (κ3) is 3.19. The minimum Gasteiger partial charge on any atom is -0.497 e. The van der Waals surface area contributed by atoms with E-state index in [-0.39, 0.29) is 0 Å². The maximum Gasteiger partial charge on any atom is 0.118 e. The van der Waals surface area contributed by atoms with E-state index in [1.165, 1.54) is 5.56 Å². The van der Waals surface area contributed by atoms with Crippen LogP contribution in [0.15, 0.2) is 42.5 Å². The summed E-state index contributed by atoms with van der Waals surface area (Å²) >= 11 is 0. The predicted molar refractivity (Wildman–Crippen MR) is 80.7 cm³/mol. The van der Waals surface area contributed by atoms with Crippen LogP contribution in [0.1, 0.15) is 11.1 Å². The zero-order valence-electron chi connectivity index (χ0n) is 11.7. The highest BCUT2D eigenvalue weighted by atomic mass is 16.5. The first kappa shape index (κ1) is 13.3. The summed E-state index contributed by atoms with van der Waals surface area (Å²) in [5.74, 6) is 0.881. The highest BCUT2D eigenvalue weighted by Gasteiger charge is 2.04. The van der Waals surface area contributed by atoms with Gasteiger partial charge in [-0.1, -0.05) is 18.2 Å². The molecule has 0 saturated heterocycles. The predicted octanol–water partition coefficient (Wildman–Crippen LogP) is 3.22. The molecule has 0 heterocycles. The number of rotatable bonds is 4. The van der Waals surface area contributed by atoms with Gasteiger partial charge >= 0.3 is 0 Å². The summed E-state index contributed by atoms with van der Waals surface area (Å²) in [5, 5.41) is 0. The van der Waals surface area contributed by atoms with E-state index in [1.54, 1.807) is 7.11 Å². The molecule has 0 unspecified atom stereocenters. The minimum atomic E-state index is 0.832. The Kier molecular flexibility index (Phi) is 3.95. The number of nitrogens with two attached hydrogens (primary N) is 1. The van der Waals surface area contributed by atoms with Crippen LogP contribution >= 0.6 is 0 Å². The first-order valence-electron chi connectivity index (χ1n) is 6.30. The number of anilines is 2. The second-order valence-corrected chi connectivity index (χ2v) is 4.75. The summed E-state index contributed by atoms with van der Waals surface area (Å²) in [4.78, 5) is 2.18. The molecule has 0 aliphatic heterocycles. The molecule has 0 aliphatic rings. The Bertz CT molecular complexity index is 549. The van der Waals surface area contributed by atoms with Crippen molar-refractivity contribution in [3.63, 3.8) is 0 Å². The molecule has 3 heteroatoms. The lowest BCUT2D eigenvalue weighted by Crippen LogP contribution is -2.16. The second-order valence-electron chi connectivity index (χ2n) is 4.75. The van der Waals surface area contributed by atoms with Gasteiger partial charge in [0, 0.05) is 25.0 Å². The number of nitrogen functional groups attached to an aromatic ring is 1. The molecule has 0 bridgehead atoms. The molecular weight excluding hydrogens is 236 g/mol. The molecule has 0 radical (unpaired) electrons. The van der Waals surface area contributed by atoms with Gasteiger partial charge in [0.25, 0.3) is 0 Å². The SMILES string of the molecule is COc1ccc(CN(C)c2ccc(C)c(N)c2)cc1. The van der Waals surface area contributed by atoms with Crippen molar-refractivity contribution in [3.8, 4) is 5.75 Å². The standard InChI is InChI=1S/C16H20N2O/c1-12-4-7-14(10-16(12)17)18(2)11-13-5-8-15(19-3)9-6-13/h4-10H,11,17H2,1-3H3. The van der Waals surface area contributed by atoms with Gasteiger partial charge in [-0.25, -0.2) is 0 Å². The lowest BCUT2D eigenvalue weighted by molar-refractivity contribution is 0.414. The van der Waals surface area contributed by atoms with Crippen LogP contribution in [0.2, 0.25) is 0 Å². The Labute approximate surface area is 114 Å². The van der Waals surface area contributed by atoms with Crippen LogP contribution in [0.4, 0.5) is 11.4 Å². The molecule has 2 aromatic carbocycles. The fraction of sp³-hybridized carbons (Fsp3) is 0.250. The minimum absolute atomic E-state index is 0.832. The quantitative estimate of drug-likeness (QED) is 0.854. The van der Waals surface area contributed by atoms with Gasteiger partial charge in [-0.15, -0.1) is 0 Å². The van der Waals surface area contributed by atoms with E-state index in [9.17, 15) is 0 Å². The Balaban J connectivity index is 2.10. The van der Waals surface area contributed by atoms with Crippen molar-refractivity contribution in [1.29, 1.82) is 0 Å². The molecule has 2 rings (SSSR count). The summed E-state index contributed by atoms with van der Waals surface area (Å²) in [6.45, 7) is 2.86. The maximum absolute atomic E-state index is 5.95. The highest BCUT2D eigenvalue weighted by molar-refractivity contribution is 5.59. The summed E-state index contributed by atoms with van der Waals surface area (Å²) in [7, 11) is 3.74. The Morgan fingerprint density at radius 2 is 1.79 bits per heavy atom. The van der Waals surface area contributed by atoms with Gasteiger partial charge in [0.05, 0.1) is 7.11 Å². The number of hydrogen-bond donors (Lipinski definition) is 1. The molecule has 2 aromatic rings. The third-order valence-electron chi connectivity index (χ3n) is 3.28. The number of benzene rings is 2. The van der Waals surface area contributed by atoms with Gasteiger partial charge < -0.3 is 15.4 Å². The lowest BCUT2D eigenvalue weighted by atomic mass is 10.1. The molecule has 2 N–H and O–H groups in total. The van der Waals surface area contributed by atoms with Crippen LogP contribution in [0, 0.1) is 6.92 Å². The maximum atomic E-state index is 5.95. The van der Waals surface area contributed by atoms with Gasteiger partial charge in [-0.2, -0.15) is 0 Å². The Morgan fingerprint density at radius 3 is 2.37 bits per heavy atom. The monoisotopic (exact) mass is 256 g/mol. The van der Waals surface area contributed by atoms with E-state index in [0.29, 0.717) is 0 Å². The fourth-order valence-corrected chi connectivity index (χ4v) is 1.96. The van der Waals surface area contributed by atoms with Crippen LogP contribution in [0.25, 0.3) is 0 Å². The molecule has 0 aromatic heterocycles. The molecule has 0 saturated carbocycles. The third-order valence-corrected chi connectivity index (χ3v) is 3.28. The van der Waals surface area contributed by atoms with Gasteiger partial charge in [0.1, 0.15) is 5.75 Å². The van der Waals surface area contributed by atoms with Gasteiger partial charge in [0.2, 0.25) is 0 Å². The lowest BCUT2D eigenvalue weighted by Gasteiger charge is -2.20. The zero-order chi connectivity index (χ0) is 13.8. The molecule has 100 valence electrons. The van der Waals surface area contributed by atoms with Crippen molar-refractivity contribution in [3.05, 3.63) is 53.6 Å². The van der Waals surface area contributed by atoms with Crippen LogP contribution in [-0.2, 0) is 6.54 Å². The van der Waals surface area contributed by atoms with Gasteiger partial charge in [0.15, 0.2) is 0 Å². The molecular formula is C16H20N2O. The van der Waals surface area contributed by atoms with Crippen molar-refractivity contribution in [2.75, 3.05) is 24.8 Å². The van der Waals surface area contributed by atoms with Crippen molar-refractivity contribution in [2.24, 2.45) is 0 Å². The molecule has 0 spiro atoms. The molecule has 0 atom stereocenters. The fourth-order valence-electron chi connectivity index (χ4n) is 1.96. The van der Waals surface area contributed by atoms with Crippen LogP contribution in [0.3, 0.4) is 0 Å². The second kappa shape index (κ2) is 5.65. The molecule has 19 heavy (non-hydrogen) atoms. The Hall–Kier alpha value is -2.16. The number of hydrogen-bond acceptors (Lipinski definition) is 3. The normalized spacial score (nSPS) is 10.3. The van der Waals surface area contributed by atoms with E-state index in [1.807, 2.05) is 25.1 Å². The van der Waals surface area contributed by atoms with Crippen molar-refractivity contribution in [1.82, 2.24) is 0 Å².